The lowest BCUT2D eigenvalue weighted by Gasteiger charge is -2.24. The van der Waals surface area contributed by atoms with E-state index in [0.29, 0.717) is 6.04 Å². The highest BCUT2D eigenvalue weighted by Gasteiger charge is 2.27. The molecule has 1 aliphatic heterocycles. The van der Waals surface area contributed by atoms with Gasteiger partial charge < -0.3 is 0 Å². The molecule has 0 radical (unpaired) electrons. The van der Waals surface area contributed by atoms with Gasteiger partial charge in [-0.3, -0.25) is 14.5 Å². The Kier molecular flexibility index (Phi) is 4.57. The number of hydrogen-bond acceptors (Lipinski definition) is 4. The van der Waals surface area contributed by atoms with E-state index in [-0.39, 0.29) is 0 Å². The first kappa shape index (κ1) is 16.0. The van der Waals surface area contributed by atoms with Crippen molar-refractivity contribution in [3.63, 3.8) is 0 Å². The van der Waals surface area contributed by atoms with Gasteiger partial charge >= 0.3 is 0 Å². The molecule has 3 aromatic rings. The van der Waals surface area contributed by atoms with Gasteiger partial charge in [-0.05, 0) is 49.2 Å². The Balaban J connectivity index is 1.59. The van der Waals surface area contributed by atoms with Crippen LogP contribution >= 0.6 is 0 Å². The Bertz CT molecular complexity index is 827. The average Bonchev–Trinajstić information content (AvgIpc) is 3.32. The van der Waals surface area contributed by atoms with Crippen molar-refractivity contribution in [1.82, 2.24) is 24.4 Å². The molecule has 128 valence electrons. The van der Waals surface area contributed by atoms with E-state index in [9.17, 15) is 0 Å². The molecule has 1 atom stereocenters. The maximum atomic E-state index is 4.97. The highest BCUT2D eigenvalue weighted by molar-refractivity contribution is 5.28. The second-order valence-electron chi connectivity index (χ2n) is 6.47. The van der Waals surface area contributed by atoms with Gasteiger partial charge in [0.1, 0.15) is 11.6 Å². The predicted molar refractivity (Wildman–Crippen MR) is 97.4 cm³/mol. The van der Waals surface area contributed by atoms with Gasteiger partial charge in [0.2, 0.25) is 0 Å². The zero-order chi connectivity index (χ0) is 17.1. The maximum Gasteiger partial charge on any atom is 0.138 e. The Labute approximate surface area is 148 Å². The molecule has 4 heterocycles. The van der Waals surface area contributed by atoms with E-state index < -0.39 is 0 Å². The molecule has 0 aliphatic carbocycles. The summed E-state index contributed by atoms with van der Waals surface area (Å²) in [6.45, 7) is 4.19. The van der Waals surface area contributed by atoms with Crippen LogP contribution in [0.1, 0.15) is 42.9 Å². The molecule has 0 N–H and O–H groups in total. The standard InChI is InChI=1S/C20H23N5/c1-2-19-22-12-14-25(19)20-7-3-5-17(23-20)18-6-4-13-24(18)15-16-8-10-21-11-9-16/h3,5,7-12,14,18H,2,4,6,13,15H2,1H3/t18-/m0/s1. The van der Waals surface area contributed by atoms with Crippen LogP contribution in [0.25, 0.3) is 5.82 Å². The van der Waals surface area contributed by atoms with Crippen LogP contribution in [0.2, 0.25) is 0 Å². The van der Waals surface area contributed by atoms with E-state index in [4.69, 9.17) is 4.98 Å². The van der Waals surface area contributed by atoms with Crippen molar-refractivity contribution in [2.45, 2.75) is 38.8 Å². The smallest absolute Gasteiger partial charge is 0.138 e. The fourth-order valence-corrected chi connectivity index (χ4v) is 3.64. The number of nitrogens with zero attached hydrogens (tertiary/aromatic N) is 5. The molecule has 0 saturated carbocycles. The summed E-state index contributed by atoms with van der Waals surface area (Å²) in [5, 5.41) is 0. The molecular formula is C20H23N5. The molecule has 1 saturated heterocycles. The number of aryl methyl sites for hydroxylation is 1. The Morgan fingerprint density at radius 3 is 2.84 bits per heavy atom. The summed E-state index contributed by atoms with van der Waals surface area (Å²) in [7, 11) is 0. The maximum absolute atomic E-state index is 4.97. The monoisotopic (exact) mass is 333 g/mol. The van der Waals surface area contributed by atoms with E-state index in [2.05, 4.69) is 56.7 Å². The zero-order valence-corrected chi connectivity index (χ0v) is 14.5. The molecule has 5 nitrogen and oxygen atoms in total. The fourth-order valence-electron chi connectivity index (χ4n) is 3.64. The topological polar surface area (TPSA) is 46.8 Å². The van der Waals surface area contributed by atoms with Gasteiger partial charge in [-0.1, -0.05) is 13.0 Å². The minimum absolute atomic E-state index is 0.377. The second kappa shape index (κ2) is 7.15. The molecule has 0 bridgehead atoms. The summed E-state index contributed by atoms with van der Waals surface area (Å²) in [5.41, 5.74) is 2.46. The van der Waals surface area contributed by atoms with Crippen LogP contribution in [0.4, 0.5) is 0 Å². The number of aromatic nitrogens is 4. The molecule has 25 heavy (non-hydrogen) atoms. The van der Waals surface area contributed by atoms with Crippen LogP contribution in [0.15, 0.2) is 55.1 Å². The average molecular weight is 333 g/mol. The van der Waals surface area contributed by atoms with Crippen molar-refractivity contribution < 1.29 is 0 Å². The summed E-state index contributed by atoms with van der Waals surface area (Å²) in [6, 6.07) is 10.9. The molecule has 0 aromatic carbocycles. The van der Waals surface area contributed by atoms with Crippen molar-refractivity contribution in [1.29, 1.82) is 0 Å². The highest BCUT2D eigenvalue weighted by Crippen LogP contribution is 2.32. The quantitative estimate of drug-likeness (QED) is 0.716. The molecular weight excluding hydrogens is 310 g/mol. The molecule has 1 fully saturated rings. The normalized spacial score (nSPS) is 17.9. The van der Waals surface area contributed by atoms with Crippen LogP contribution < -0.4 is 0 Å². The van der Waals surface area contributed by atoms with E-state index >= 15 is 0 Å². The molecule has 1 aliphatic rings. The number of pyridine rings is 2. The van der Waals surface area contributed by atoms with Crippen molar-refractivity contribution in [3.05, 3.63) is 72.2 Å². The van der Waals surface area contributed by atoms with Crippen LogP contribution in [-0.4, -0.2) is 31.0 Å². The summed E-state index contributed by atoms with van der Waals surface area (Å²) >= 11 is 0. The van der Waals surface area contributed by atoms with Gasteiger partial charge in [0.25, 0.3) is 0 Å². The van der Waals surface area contributed by atoms with Gasteiger partial charge in [0.05, 0.1) is 11.7 Å². The Morgan fingerprint density at radius 1 is 1.12 bits per heavy atom. The lowest BCUT2D eigenvalue weighted by Crippen LogP contribution is -2.23. The van der Waals surface area contributed by atoms with Crippen LogP contribution in [0.3, 0.4) is 0 Å². The van der Waals surface area contributed by atoms with Crippen molar-refractivity contribution >= 4 is 0 Å². The fraction of sp³-hybridized carbons (Fsp3) is 0.350. The molecule has 5 heteroatoms. The van der Waals surface area contributed by atoms with Crippen LogP contribution in [-0.2, 0) is 13.0 Å². The summed E-state index contributed by atoms with van der Waals surface area (Å²) in [5.74, 6) is 2.01. The van der Waals surface area contributed by atoms with E-state index in [1.54, 1.807) is 0 Å². The van der Waals surface area contributed by atoms with Crippen LogP contribution in [0.5, 0.6) is 0 Å². The lowest BCUT2D eigenvalue weighted by molar-refractivity contribution is 0.244. The Hall–Kier alpha value is -2.53. The Morgan fingerprint density at radius 2 is 2.00 bits per heavy atom. The first-order valence-corrected chi connectivity index (χ1v) is 8.97. The number of imidazole rings is 1. The largest absolute Gasteiger partial charge is 0.291 e. The van der Waals surface area contributed by atoms with Crippen LogP contribution in [0, 0.1) is 0 Å². The van der Waals surface area contributed by atoms with Gasteiger partial charge in [-0.25, -0.2) is 9.97 Å². The molecule has 0 amide bonds. The second-order valence-corrected chi connectivity index (χ2v) is 6.47. The SMILES string of the molecule is CCc1nccn1-c1cccc([C@@H]2CCCN2Cc2ccncc2)n1. The third-order valence-electron chi connectivity index (χ3n) is 4.88. The molecule has 3 aromatic heterocycles. The minimum Gasteiger partial charge on any atom is -0.291 e. The molecule has 0 spiro atoms. The lowest BCUT2D eigenvalue weighted by atomic mass is 10.1. The van der Waals surface area contributed by atoms with E-state index in [1.165, 1.54) is 12.0 Å². The van der Waals surface area contributed by atoms with E-state index in [0.717, 1.165) is 43.3 Å². The minimum atomic E-state index is 0.377. The highest BCUT2D eigenvalue weighted by atomic mass is 15.2. The molecule has 4 rings (SSSR count). The number of hydrogen-bond donors (Lipinski definition) is 0. The third-order valence-corrected chi connectivity index (χ3v) is 4.88. The summed E-state index contributed by atoms with van der Waals surface area (Å²) in [4.78, 5) is 16.0. The molecule has 0 unspecified atom stereocenters. The van der Waals surface area contributed by atoms with Gasteiger partial charge in [0, 0.05) is 37.8 Å². The number of rotatable bonds is 5. The number of likely N-dealkylation sites (tertiary alicyclic amines) is 1. The summed E-state index contributed by atoms with van der Waals surface area (Å²) in [6.07, 6.45) is 10.8. The summed E-state index contributed by atoms with van der Waals surface area (Å²) < 4.78 is 2.09. The predicted octanol–water partition coefficient (Wildman–Crippen LogP) is 3.56. The van der Waals surface area contributed by atoms with Crippen molar-refractivity contribution in [2.75, 3.05) is 6.54 Å². The zero-order valence-electron chi connectivity index (χ0n) is 14.5. The van der Waals surface area contributed by atoms with Crippen molar-refractivity contribution in [3.8, 4) is 5.82 Å². The van der Waals surface area contributed by atoms with Crippen molar-refractivity contribution in [2.24, 2.45) is 0 Å². The van der Waals surface area contributed by atoms with Gasteiger partial charge in [-0.2, -0.15) is 0 Å². The first-order chi connectivity index (χ1) is 12.3. The first-order valence-electron chi connectivity index (χ1n) is 8.97. The van der Waals surface area contributed by atoms with Gasteiger partial charge in [-0.15, -0.1) is 0 Å². The van der Waals surface area contributed by atoms with Gasteiger partial charge in [0.15, 0.2) is 0 Å². The van der Waals surface area contributed by atoms with E-state index in [1.807, 2.05) is 24.8 Å². The third kappa shape index (κ3) is 3.33.